The number of hydrogen-bond acceptors (Lipinski definition) is 4. The maximum atomic E-state index is 13.0. The zero-order valence-corrected chi connectivity index (χ0v) is 21.4. The molecular weight excluding hydrogens is 450 g/mol. The first-order chi connectivity index (χ1) is 16.0. The van der Waals surface area contributed by atoms with Gasteiger partial charge in [-0.15, -0.1) is 0 Å². The molecule has 2 amide bonds. The third kappa shape index (κ3) is 5.85. The lowest BCUT2D eigenvalue weighted by atomic mass is 9.95. The van der Waals surface area contributed by atoms with Crippen LogP contribution < -0.4 is 10.6 Å². The Balaban J connectivity index is 1.61. The molecule has 2 aromatic rings. The second kappa shape index (κ2) is 10.7. The SMILES string of the molecule is Cc1ccc(S(=O)(=O)N2CCC(C(=O)N[C@H](C(=O)Nc3cccc(C)c3C)C(C)C)CC2)cc1. The van der Waals surface area contributed by atoms with Crippen molar-refractivity contribution in [2.45, 2.75) is 58.4 Å². The Kier molecular flexibility index (Phi) is 8.15. The Labute approximate surface area is 203 Å². The highest BCUT2D eigenvalue weighted by molar-refractivity contribution is 7.89. The summed E-state index contributed by atoms with van der Waals surface area (Å²) in [6.07, 6.45) is 0.834. The lowest BCUT2D eigenvalue weighted by molar-refractivity contribution is -0.130. The summed E-state index contributed by atoms with van der Waals surface area (Å²) in [5.41, 5.74) is 3.80. The fourth-order valence-electron chi connectivity index (χ4n) is 4.12. The minimum absolute atomic E-state index is 0.101. The Morgan fingerprint density at radius 2 is 1.59 bits per heavy atom. The number of nitrogens with zero attached hydrogens (tertiary/aromatic N) is 1. The van der Waals surface area contributed by atoms with Crippen LogP contribution in [0, 0.1) is 32.6 Å². The predicted octanol–water partition coefficient (Wildman–Crippen LogP) is 3.79. The van der Waals surface area contributed by atoms with E-state index in [0.29, 0.717) is 12.8 Å². The van der Waals surface area contributed by atoms with Gasteiger partial charge in [0.05, 0.1) is 4.90 Å². The summed E-state index contributed by atoms with van der Waals surface area (Å²) in [6.45, 7) is 10.2. The summed E-state index contributed by atoms with van der Waals surface area (Å²) in [4.78, 5) is 26.3. The van der Waals surface area contributed by atoms with Crippen molar-refractivity contribution in [3.63, 3.8) is 0 Å². The summed E-state index contributed by atoms with van der Waals surface area (Å²) in [5.74, 6) is -0.895. The van der Waals surface area contributed by atoms with Crippen LogP contribution in [0.25, 0.3) is 0 Å². The number of sulfonamides is 1. The van der Waals surface area contributed by atoms with Crippen molar-refractivity contribution in [1.82, 2.24) is 9.62 Å². The van der Waals surface area contributed by atoms with Gasteiger partial charge in [-0.3, -0.25) is 9.59 Å². The Bertz CT molecular complexity index is 1140. The molecule has 0 radical (unpaired) electrons. The van der Waals surface area contributed by atoms with Crippen LogP contribution >= 0.6 is 0 Å². The molecule has 0 saturated carbocycles. The van der Waals surface area contributed by atoms with Crippen molar-refractivity contribution in [2.75, 3.05) is 18.4 Å². The summed E-state index contributed by atoms with van der Waals surface area (Å²) >= 11 is 0. The first-order valence-corrected chi connectivity index (χ1v) is 13.2. The first kappa shape index (κ1) is 25.9. The molecule has 1 fully saturated rings. The lowest BCUT2D eigenvalue weighted by Gasteiger charge is -2.32. The quantitative estimate of drug-likeness (QED) is 0.624. The number of carbonyl (C=O) groups is 2. The van der Waals surface area contributed by atoms with Crippen molar-refractivity contribution in [3.05, 3.63) is 59.2 Å². The molecule has 1 saturated heterocycles. The van der Waals surface area contributed by atoms with Gasteiger partial charge in [0, 0.05) is 24.7 Å². The Morgan fingerprint density at radius 3 is 2.18 bits per heavy atom. The molecule has 184 valence electrons. The Hall–Kier alpha value is -2.71. The van der Waals surface area contributed by atoms with E-state index < -0.39 is 16.1 Å². The van der Waals surface area contributed by atoms with Crippen molar-refractivity contribution in [2.24, 2.45) is 11.8 Å². The van der Waals surface area contributed by atoms with Gasteiger partial charge in [0.15, 0.2) is 0 Å². The van der Waals surface area contributed by atoms with Gasteiger partial charge in [-0.1, -0.05) is 43.7 Å². The van der Waals surface area contributed by atoms with Gasteiger partial charge in [0.25, 0.3) is 0 Å². The van der Waals surface area contributed by atoms with E-state index in [1.807, 2.05) is 52.8 Å². The van der Waals surface area contributed by atoms with Crippen LogP contribution in [-0.2, 0) is 19.6 Å². The standard InChI is InChI=1S/C26H35N3O4S/c1-17(2)24(26(31)27-23-8-6-7-19(4)20(23)5)28-25(30)21-13-15-29(16-14-21)34(32,33)22-11-9-18(3)10-12-22/h6-12,17,21,24H,13-16H2,1-5H3,(H,27,31)(H,28,30)/t24-/m0/s1. The molecule has 2 N–H and O–H groups in total. The molecule has 1 aliphatic rings. The van der Waals surface area contributed by atoms with E-state index in [0.717, 1.165) is 22.4 Å². The average molecular weight is 486 g/mol. The molecule has 1 atom stereocenters. The molecule has 1 heterocycles. The highest BCUT2D eigenvalue weighted by Crippen LogP contribution is 2.25. The van der Waals surface area contributed by atoms with Crippen LogP contribution in [0.15, 0.2) is 47.4 Å². The van der Waals surface area contributed by atoms with E-state index >= 15 is 0 Å². The van der Waals surface area contributed by atoms with Crippen molar-refractivity contribution >= 4 is 27.5 Å². The summed E-state index contributed by atoms with van der Waals surface area (Å²) in [7, 11) is -3.58. The minimum Gasteiger partial charge on any atom is -0.344 e. The molecule has 3 rings (SSSR count). The number of rotatable bonds is 7. The molecule has 1 aliphatic heterocycles. The maximum absolute atomic E-state index is 13.0. The highest BCUT2D eigenvalue weighted by Gasteiger charge is 2.34. The number of hydrogen-bond donors (Lipinski definition) is 2. The number of aryl methyl sites for hydroxylation is 2. The van der Waals surface area contributed by atoms with Crippen molar-refractivity contribution < 1.29 is 18.0 Å². The Morgan fingerprint density at radius 1 is 0.971 bits per heavy atom. The molecule has 0 aliphatic carbocycles. The molecule has 0 unspecified atom stereocenters. The zero-order valence-electron chi connectivity index (χ0n) is 20.6. The van der Waals surface area contributed by atoms with E-state index in [9.17, 15) is 18.0 Å². The second-order valence-electron chi connectivity index (χ2n) is 9.46. The van der Waals surface area contributed by atoms with Crippen LogP contribution in [0.5, 0.6) is 0 Å². The third-order valence-electron chi connectivity index (χ3n) is 6.59. The maximum Gasteiger partial charge on any atom is 0.247 e. The van der Waals surface area contributed by atoms with Crippen molar-refractivity contribution in [1.29, 1.82) is 0 Å². The molecular formula is C26H35N3O4S. The largest absolute Gasteiger partial charge is 0.344 e. The highest BCUT2D eigenvalue weighted by atomic mass is 32.2. The average Bonchev–Trinajstić information content (AvgIpc) is 2.80. The smallest absolute Gasteiger partial charge is 0.247 e. The number of anilines is 1. The fraction of sp³-hybridized carbons (Fsp3) is 0.462. The lowest BCUT2D eigenvalue weighted by Crippen LogP contribution is -2.51. The number of piperidine rings is 1. The number of amides is 2. The number of benzene rings is 2. The van der Waals surface area contributed by atoms with Crippen LogP contribution in [-0.4, -0.2) is 43.7 Å². The third-order valence-corrected chi connectivity index (χ3v) is 8.51. The summed E-state index contributed by atoms with van der Waals surface area (Å²) in [6, 6.07) is 11.8. The van der Waals surface area contributed by atoms with Gasteiger partial charge in [-0.25, -0.2) is 8.42 Å². The number of nitrogens with one attached hydrogen (secondary N) is 2. The zero-order chi connectivity index (χ0) is 25.0. The van der Waals surface area contributed by atoms with E-state index in [2.05, 4.69) is 10.6 Å². The summed E-state index contributed by atoms with van der Waals surface area (Å²) in [5, 5.41) is 5.86. The molecule has 7 nitrogen and oxygen atoms in total. The molecule has 0 spiro atoms. The molecule has 8 heteroatoms. The van der Waals surface area contributed by atoms with Gasteiger partial charge < -0.3 is 10.6 Å². The van der Waals surface area contributed by atoms with Gasteiger partial charge in [0.1, 0.15) is 6.04 Å². The monoisotopic (exact) mass is 485 g/mol. The number of carbonyl (C=O) groups excluding carboxylic acids is 2. The molecule has 34 heavy (non-hydrogen) atoms. The fourth-order valence-corrected chi connectivity index (χ4v) is 5.59. The van der Waals surface area contributed by atoms with Crippen LogP contribution in [0.2, 0.25) is 0 Å². The second-order valence-corrected chi connectivity index (χ2v) is 11.4. The van der Waals surface area contributed by atoms with Gasteiger partial charge >= 0.3 is 0 Å². The first-order valence-electron chi connectivity index (χ1n) is 11.7. The molecule has 0 aromatic heterocycles. The molecule has 2 aromatic carbocycles. The topological polar surface area (TPSA) is 95.6 Å². The van der Waals surface area contributed by atoms with Gasteiger partial charge in [-0.2, -0.15) is 4.31 Å². The van der Waals surface area contributed by atoms with E-state index in [4.69, 9.17) is 0 Å². The normalized spacial score (nSPS) is 16.3. The van der Waals surface area contributed by atoms with Crippen LogP contribution in [0.1, 0.15) is 43.4 Å². The summed E-state index contributed by atoms with van der Waals surface area (Å²) < 4.78 is 27.3. The van der Waals surface area contributed by atoms with E-state index in [1.54, 1.807) is 24.3 Å². The van der Waals surface area contributed by atoms with E-state index in [1.165, 1.54) is 4.31 Å². The minimum atomic E-state index is -3.58. The van der Waals surface area contributed by atoms with Crippen LogP contribution in [0.4, 0.5) is 5.69 Å². The van der Waals surface area contributed by atoms with Gasteiger partial charge in [0.2, 0.25) is 21.8 Å². The molecule has 0 bridgehead atoms. The van der Waals surface area contributed by atoms with Crippen LogP contribution in [0.3, 0.4) is 0 Å². The van der Waals surface area contributed by atoms with Crippen molar-refractivity contribution in [3.8, 4) is 0 Å². The van der Waals surface area contributed by atoms with Gasteiger partial charge in [-0.05, 0) is 68.9 Å². The predicted molar refractivity (Wildman–Crippen MR) is 134 cm³/mol. The van der Waals surface area contributed by atoms with E-state index in [-0.39, 0.29) is 41.6 Å².